The summed E-state index contributed by atoms with van der Waals surface area (Å²) in [6.07, 6.45) is 0.467. The number of amides is 1. The summed E-state index contributed by atoms with van der Waals surface area (Å²) in [5.74, 6) is 1.22. The number of hydrogen-bond donors (Lipinski definition) is 2. The molecule has 0 aliphatic heterocycles. The lowest BCUT2D eigenvalue weighted by molar-refractivity contribution is -0.116. The minimum Gasteiger partial charge on any atom is -0.293 e. The van der Waals surface area contributed by atoms with E-state index < -0.39 is 0 Å². The van der Waals surface area contributed by atoms with Gasteiger partial charge in [0, 0.05) is 12.0 Å². The number of nitrogens with one attached hydrogen (secondary N) is 2. The molecule has 0 saturated carbocycles. The van der Waals surface area contributed by atoms with Gasteiger partial charge in [-0.1, -0.05) is 44.2 Å². The van der Waals surface area contributed by atoms with E-state index in [1.807, 2.05) is 44.2 Å². The second-order valence-electron chi connectivity index (χ2n) is 4.52. The standard InChI is InChI=1S/C13H16N4O/c1-9(2)8-11(18)14-13-15-12(16-17-13)10-6-4-3-5-7-10/h3-7,9H,8H2,1-2H3,(H2,14,15,16,17,18). The Kier molecular flexibility index (Phi) is 3.72. The second kappa shape index (κ2) is 5.44. The van der Waals surface area contributed by atoms with Crippen LogP contribution in [0.1, 0.15) is 20.3 Å². The topological polar surface area (TPSA) is 70.7 Å². The van der Waals surface area contributed by atoms with Crippen LogP contribution < -0.4 is 5.32 Å². The molecule has 0 unspecified atom stereocenters. The third kappa shape index (κ3) is 3.16. The fourth-order valence-electron chi connectivity index (χ4n) is 1.59. The van der Waals surface area contributed by atoms with E-state index >= 15 is 0 Å². The second-order valence-corrected chi connectivity index (χ2v) is 4.52. The van der Waals surface area contributed by atoms with E-state index in [0.717, 1.165) is 5.56 Å². The lowest BCUT2D eigenvalue weighted by Gasteiger charge is -2.02. The highest BCUT2D eigenvalue weighted by atomic mass is 16.1. The van der Waals surface area contributed by atoms with Gasteiger partial charge >= 0.3 is 0 Å². The summed E-state index contributed by atoms with van der Waals surface area (Å²) < 4.78 is 0. The third-order valence-electron chi connectivity index (χ3n) is 2.38. The van der Waals surface area contributed by atoms with Gasteiger partial charge in [0.25, 0.3) is 0 Å². The number of hydrogen-bond acceptors (Lipinski definition) is 3. The third-order valence-corrected chi connectivity index (χ3v) is 2.38. The van der Waals surface area contributed by atoms with Gasteiger partial charge in [-0.25, -0.2) is 0 Å². The van der Waals surface area contributed by atoms with Gasteiger partial charge in [-0.05, 0) is 5.92 Å². The summed E-state index contributed by atoms with van der Waals surface area (Å²) >= 11 is 0. The number of carbonyl (C=O) groups excluding carboxylic acids is 1. The van der Waals surface area contributed by atoms with Crippen molar-refractivity contribution in [2.45, 2.75) is 20.3 Å². The Morgan fingerprint density at radius 3 is 2.72 bits per heavy atom. The van der Waals surface area contributed by atoms with Crippen molar-refractivity contribution < 1.29 is 4.79 Å². The van der Waals surface area contributed by atoms with E-state index in [4.69, 9.17) is 0 Å². The Bertz CT molecular complexity index is 519. The number of aromatic nitrogens is 3. The van der Waals surface area contributed by atoms with Gasteiger partial charge in [-0.15, -0.1) is 5.10 Å². The molecule has 1 amide bonds. The van der Waals surface area contributed by atoms with Crippen LogP contribution in [0.4, 0.5) is 5.95 Å². The molecule has 0 radical (unpaired) electrons. The lowest BCUT2D eigenvalue weighted by atomic mass is 10.1. The predicted molar refractivity (Wildman–Crippen MR) is 69.9 cm³/mol. The molecule has 0 aliphatic rings. The zero-order chi connectivity index (χ0) is 13.0. The number of H-pyrrole nitrogens is 1. The summed E-state index contributed by atoms with van der Waals surface area (Å²) in [5, 5.41) is 9.45. The van der Waals surface area contributed by atoms with Crippen molar-refractivity contribution in [3.8, 4) is 11.4 Å². The molecule has 2 aromatic rings. The van der Waals surface area contributed by atoms with Crippen LogP contribution in [-0.4, -0.2) is 21.1 Å². The summed E-state index contributed by atoms with van der Waals surface area (Å²) in [7, 11) is 0. The first-order valence-corrected chi connectivity index (χ1v) is 5.93. The van der Waals surface area contributed by atoms with E-state index in [9.17, 15) is 4.79 Å². The van der Waals surface area contributed by atoms with Gasteiger partial charge in [0.2, 0.25) is 11.9 Å². The van der Waals surface area contributed by atoms with Crippen LogP contribution in [0.5, 0.6) is 0 Å². The zero-order valence-corrected chi connectivity index (χ0v) is 10.5. The van der Waals surface area contributed by atoms with Gasteiger partial charge in [0.05, 0.1) is 0 Å². The molecule has 0 saturated heterocycles. The van der Waals surface area contributed by atoms with E-state index in [2.05, 4.69) is 20.5 Å². The highest BCUT2D eigenvalue weighted by Crippen LogP contribution is 2.15. The molecule has 0 atom stereocenters. The number of rotatable bonds is 4. The first-order chi connectivity index (χ1) is 8.65. The van der Waals surface area contributed by atoms with E-state index in [1.54, 1.807) is 0 Å². The van der Waals surface area contributed by atoms with Crippen molar-refractivity contribution in [3.63, 3.8) is 0 Å². The normalized spacial score (nSPS) is 10.6. The molecule has 1 heterocycles. The maximum absolute atomic E-state index is 11.6. The molecule has 1 aromatic carbocycles. The zero-order valence-electron chi connectivity index (χ0n) is 10.5. The van der Waals surface area contributed by atoms with Gasteiger partial charge < -0.3 is 0 Å². The summed E-state index contributed by atoms with van der Waals surface area (Å²) in [6, 6.07) is 9.65. The minimum absolute atomic E-state index is 0.0661. The van der Waals surface area contributed by atoms with Gasteiger partial charge in [0.15, 0.2) is 5.82 Å². The quantitative estimate of drug-likeness (QED) is 0.867. The van der Waals surface area contributed by atoms with Crippen LogP contribution in [0.2, 0.25) is 0 Å². The van der Waals surface area contributed by atoms with Crippen LogP contribution in [-0.2, 0) is 4.79 Å². The SMILES string of the molecule is CC(C)CC(=O)Nc1n[nH]c(-c2ccccc2)n1. The monoisotopic (exact) mass is 244 g/mol. The average molecular weight is 244 g/mol. The molecule has 94 valence electrons. The van der Waals surface area contributed by atoms with Gasteiger partial charge in [-0.2, -0.15) is 4.98 Å². The van der Waals surface area contributed by atoms with Crippen LogP contribution in [0.3, 0.4) is 0 Å². The Morgan fingerprint density at radius 1 is 1.33 bits per heavy atom. The largest absolute Gasteiger partial charge is 0.293 e. The van der Waals surface area contributed by atoms with E-state index in [1.165, 1.54) is 0 Å². The number of aromatic amines is 1. The highest BCUT2D eigenvalue weighted by Gasteiger charge is 2.09. The number of carbonyl (C=O) groups is 1. The van der Waals surface area contributed by atoms with Crippen molar-refractivity contribution in [3.05, 3.63) is 30.3 Å². The Balaban J connectivity index is 2.05. The maximum Gasteiger partial charge on any atom is 0.249 e. The molecule has 1 aromatic heterocycles. The Morgan fingerprint density at radius 2 is 2.06 bits per heavy atom. The number of anilines is 1. The minimum atomic E-state index is -0.0661. The van der Waals surface area contributed by atoms with Crippen molar-refractivity contribution in [2.24, 2.45) is 5.92 Å². The van der Waals surface area contributed by atoms with E-state index in [-0.39, 0.29) is 5.91 Å². The van der Waals surface area contributed by atoms with Crippen molar-refractivity contribution >= 4 is 11.9 Å². The number of benzene rings is 1. The van der Waals surface area contributed by atoms with Crippen LogP contribution >= 0.6 is 0 Å². The first-order valence-electron chi connectivity index (χ1n) is 5.93. The molecule has 0 aliphatic carbocycles. The molecular formula is C13H16N4O. The van der Waals surface area contributed by atoms with Crippen molar-refractivity contribution in [2.75, 3.05) is 5.32 Å². The summed E-state index contributed by atoms with van der Waals surface area (Å²) in [4.78, 5) is 15.8. The fourth-order valence-corrected chi connectivity index (χ4v) is 1.59. The van der Waals surface area contributed by atoms with Crippen LogP contribution in [0, 0.1) is 5.92 Å². The fraction of sp³-hybridized carbons (Fsp3) is 0.308. The Labute approximate surface area is 106 Å². The van der Waals surface area contributed by atoms with Gasteiger partial charge in [0.1, 0.15) is 0 Å². The molecule has 5 nitrogen and oxygen atoms in total. The molecule has 0 bridgehead atoms. The molecule has 2 rings (SSSR count). The van der Waals surface area contributed by atoms with Crippen molar-refractivity contribution in [1.29, 1.82) is 0 Å². The Hall–Kier alpha value is -2.17. The highest BCUT2D eigenvalue weighted by molar-refractivity contribution is 5.89. The molecule has 0 spiro atoms. The number of nitrogens with zero attached hydrogens (tertiary/aromatic N) is 2. The summed E-state index contributed by atoms with van der Waals surface area (Å²) in [6.45, 7) is 3.99. The first kappa shape index (κ1) is 12.3. The lowest BCUT2D eigenvalue weighted by Crippen LogP contribution is -2.14. The smallest absolute Gasteiger partial charge is 0.249 e. The average Bonchev–Trinajstić information content (AvgIpc) is 2.77. The van der Waals surface area contributed by atoms with Crippen LogP contribution in [0.15, 0.2) is 30.3 Å². The molecule has 5 heteroatoms. The van der Waals surface area contributed by atoms with E-state index in [0.29, 0.717) is 24.1 Å². The van der Waals surface area contributed by atoms with Crippen molar-refractivity contribution in [1.82, 2.24) is 15.2 Å². The van der Waals surface area contributed by atoms with Crippen LogP contribution in [0.25, 0.3) is 11.4 Å². The van der Waals surface area contributed by atoms with Gasteiger partial charge in [-0.3, -0.25) is 15.2 Å². The molecule has 0 fully saturated rings. The molecular weight excluding hydrogens is 228 g/mol. The summed E-state index contributed by atoms with van der Waals surface area (Å²) in [5.41, 5.74) is 0.939. The predicted octanol–water partition coefficient (Wildman–Crippen LogP) is 2.46. The molecule has 18 heavy (non-hydrogen) atoms. The maximum atomic E-state index is 11.6. The molecule has 2 N–H and O–H groups in total.